The number of nitrogens with two attached hydrogens (primary N) is 1. The third kappa shape index (κ3) is 3.29. The summed E-state index contributed by atoms with van der Waals surface area (Å²) in [4.78, 5) is 9.92. The Balaban J connectivity index is 0. The zero-order chi connectivity index (χ0) is 6.78. The molecule has 0 radical (unpaired) electrons. The number of halogens is 1. The van der Waals surface area contributed by atoms with Gasteiger partial charge in [-0.1, -0.05) is 0 Å². The van der Waals surface area contributed by atoms with E-state index >= 15 is 0 Å². The molecule has 0 aromatic carbocycles. The highest BCUT2D eigenvalue weighted by Gasteiger charge is 2.27. The van der Waals surface area contributed by atoms with E-state index in [1.54, 1.807) is 0 Å². The maximum absolute atomic E-state index is 9.92. The van der Waals surface area contributed by atoms with Crippen LogP contribution in [0.4, 0.5) is 0 Å². The van der Waals surface area contributed by atoms with E-state index < -0.39 is 11.6 Å². The molecule has 0 spiro atoms. The molecule has 0 unspecified atom stereocenters. The lowest BCUT2D eigenvalue weighted by molar-refractivity contribution is -0.155. The number of hydrogen-bond donors (Lipinski definition) is 3. The van der Waals surface area contributed by atoms with E-state index in [1.165, 1.54) is 0 Å². The number of aliphatic carboxylic acids is 1. The molecule has 56 valence electrons. The summed E-state index contributed by atoms with van der Waals surface area (Å²) in [5, 5.41) is 16.8. The molecule has 0 amide bonds. The molecule has 0 heterocycles. The predicted octanol–water partition coefficient (Wildman–Crippen LogP) is -0.797. The van der Waals surface area contributed by atoms with Crippen LogP contribution in [-0.2, 0) is 4.79 Å². The Hall–Kier alpha value is -0.320. The molecule has 0 aliphatic carbocycles. The van der Waals surface area contributed by atoms with Crippen LogP contribution in [0.3, 0.4) is 0 Å². The van der Waals surface area contributed by atoms with Crippen LogP contribution in [0.25, 0.3) is 0 Å². The first-order valence-electron chi connectivity index (χ1n) is 2.16. The molecule has 4 nitrogen and oxygen atoms in total. The smallest absolute Gasteiger partial charge is 0.336 e. The lowest BCUT2D eigenvalue weighted by Gasteiger charge is -2.13. The number of rotatable bonds is 2. The summed E-state index contributed by atoms with van der Waals surface area (Å²) in [6, 6.07) is 0. The van der Waals surface area contributed by atoms with Crippen molar-refractivity contribution in [2.75, 3.05) is 6.54 Å². The van der Waals surface area contributed by atoms with E-state index in [2.05, 4.69) is 0 Å². The SMILES string of the molecule is C[C@](O)(CN)C(=O)O.Cl. The summed E-state index contributed by atoms with van der Waals surface area (Å²) >= 11 is 0. The number of hydrogen-bond acceptors (Lipinski definition) is 3. The molecule has 4 N–H and O–H groups in total. The third-order valence-corrected chi connectivity index (χ3v) is 0.858. The zero-order valence-electron chi connectivity index (χ0n) is 5.00. The van der Waals surface area contributed by atoms with Crippen molar-refractivity contribution in [3.63, 3.8) is 0 Å². The molecule has 0 rings (SSSR count). The van der Waals surface area contributed by atoms with Gasteiger partial charge in [-0.15, -0.1) is 12.4 Å². The molecular weight excluding hydrogens is 146 g/mol. The Morgan fingerprint density at radius 1 is 1.78 bits per heavy atom. The van der Waals surface area contributed by atoms with Crippen molar-refractivity contribution >= 4 is 18.4 Å². The lowest BCUT2D eigenvalue weighted by atomic mass is 10.1. The lowest BCUT2D eigenvalue weighted by Crippen LogP contribution is -2.42. The van der Waals surface area contributed by atoms with Crippen LogP contribution >= 0.6 is 12.4 Å². The van der Waals surface area contributed by atoms with Crippen LogP contribution in [0.1, 0.15) is 6.92 Å². The molecule has 0 bridgehead atoms. The van der Waals surface area contributed by atoms with E-state index in [0.717, 1.165) is 6.92 Å². The summed E-state index contributed by atoms with van der Waals surface area (Å²) in [6.07, 6.45) is 0. The molecule has 9 heavy (non-hydrogen) atoms. The number of carbonyl (C=O) groups is 1. The molecule has 5 heteroatoms. The highest BCUT2D eigenvalue weighted by atomic mass is 35.5. The fourth-order valence-electron chi connectivity index (χ4n) is 0.0873. The van der Waals surface area contributed by atoms with E-state index in [9.17, 15) is 4.79 Å². The number of carboxylic acids is 1. The van der Waals surface area contributed by atoms with Gasteiger partial charge in [-0.25, -0.2) is 4.79 Å². The van der Waals surface area contributed by atoms with Crippen LogP contribution in [-0.4, -0.2) is 28.3 Å². The van der Waals surface area contributed by atoms with Gasteiger partial charge in [-0.2, -0.15) is 0 Å². The van der Waals surface area contributed by atoms with E-state index in [0.29, 0.717) is 0 Å². The van der Waals surface area contributed by atoms with Gasteiger partial charge in [0.25, 0.3) is 0 Å². The van der Waals surface area contributed by atoms with Crippen LogP contribution in [0.5, 0.6) is 0 Å². The normalized spacial score (nSPS) is 15.4. The Morgan fingerprint density at radius 2 is 2.11 bits per heavy atom. The van der Waals surface area contributed by atoms with Gasteiger partial charge >= 0.3 is 5.97 Å². The fraction of sp³-hybridized carbons (Fsp3) is 0.750. The first-order valence-corrected chi connectivity index (χ1v) is 2.16. The molecule has 0 aliphatic rings. The average Bonchev–Trinajstić information content (AvgIpc) is 1.67. The summed E-state index contributed by atoms with van der Waals surface area (Å²) < 4.78 is 0. The first kappa shape index (κ1) is 11.5. The standard InChI is InChI=1S/C4H9NO3.ClH/c1-4(8,2-5)3(6)7;/h8H,2,5H2,1H3,(H,6,7);1H/t4-;/m0./s1. The van der Waals surface area contributed by atoms with Crippen molar-refractivity contribution in [2.45, 2.75) is 12.5 Å². The molecule has 0 aromatic rings. The largest absolute Gasteiger partial charge is 0.479 e. The number of aliphatic hydroxyl groups is 1. The average molecular weight is 156 g/mol. The van der Waals surface area contributed by atoms with E-state index in [4.69, 9.17) is 15.9 Å². The molecule has 0 aliphatic heterocycles. The second-order valence-corrected chi connectivity index (χ2v) is 1.78. The van der Waals surface area contributed by atoms with Gasteiger partial charge in [0.1, 0.15) is 0 Å². The quantitative estimate of drug-likeness (QED) is 0.488. The highest BCUT2D eigenvalue weighted by Crippen LogP contribution is 1.97. The van der Waals surface area contributed by atoms with E-state index in [-0.39, 0.29) is 19.0 Å². The van der Waals surface area contributed by atoms with E-state index in [1.807, 2.05) is 0 Å². The molecule has 0 saturated carbocycles. The Bertz CT molecular complexity index is 104. The van der Waals surface area contributed by atoms with Gasteiger partial charge in [0.05, 0.1) is 0 Å². The number of carboxylic acid groups (broad SMARTS) is 1. The second-order valence-electron chi connectivity index (χ2n) is 1.78. The minimum Gasteiger partial charge on any atom is -0.479 e. The molecule has 0 saturated heterocycles. The predicted molar refractivity (Wildman–Crippen MR) is 34.6 cm³/mol. The van der Waals surface area contributed by atoms with Crippen LogP contribution in [0.15, 0.2) is 0 Å². The molecule has 1 atom stereocenters. The van der Waals surface area contributed by atoms with Gasteiger partial charge in [-0.3, -0.25) is 0 Å². The Labute approximate surface area is 59.1 Å². The van der Waals surface area contributed by atoms with Crippen LogP contribution in [0, 0.1) is 0 Å². The van der Waals surface area contributed by atoms with Gasteiger partial charge in [0, 0.05) is 6.54 Å². The van der Waals surface area contributed by atoms with Crippen molar-refractivity contribution in [1.29, 1.82) is 0 Å². The van der Waals surface area contributed by atoms with Crippen molar-refractivity contribution in [1.82, 2.24) is 0 Å². The third-order valence-electron chi connectivity index (χ3n) is 0.858. The van der Waals surface area contributed by atoms with Gasteiger partial charge in [0.15, 0.2) is 5.60 Å². The minimum atomic E-state index is -1.76. The highest BCUT2D eigenvalue weighted by molar-refractivity contribution is 5.85. The fourth-order valence-corrected chi connectivity index (χ4v) is 0.0873. The van der Waals surface area contributed by atoms with Crippen molar-refractivity contribution in [2.24, 2.45) is 5.73 Å². The summed E-state index contributed by atoms with van der Waals surface area (Å²) in [6.45, 7) is 0.887. The zero-order valence-corrected chi connectivity index (χ0v) is 5.81. The van der Waals surface area contributed by atoms with Gasteiger partial charge < -0.3 is 15.9 Å². The second kappa shape index (κ2) is 3.66. The summed E-state index contributed by atoms with van der Waals surface area (Å²) in [7, 11) is 0. The summed E-state index contributed by atoms with van der Waals surface area (Å²) in [5.41, 5.74) is 3.11. The van der Waals surface area contributed by atoms with Crippen molar-refractivity contribution < 1.29 is 15.0 Å². The molecule has 0 aromatic heterocycles. The molecular formula is C4H10ClNO3. The Morgan fingerprint density at radius 3 is 2.11 bits per heavy atom. The topological polar surface area (TPSA) is 83.5 Å². The Kier molecular flexibility index (Phi) is 4.66. The van der Waals surface area contributed by atoms with Gasteiger partial charge in [-0.05, 0) is 6.92 Å². The summed E-state index contributed by atoms with van der Waals surface area (Å²) in [5.74, 6) is -1.29. The maximum Gasteiger partial charge on any atom is 0.336 e. The van der Waals surface area contributed by atoms with Crippen LogP contribution in [0.2, 0.25) is 0 Å². The minimum absolute atomic E-state index is 0. The van der Waals surface area contributed by atoms with Crippen LogP contribution < -0.4 is 5.73 Å². The molecule has 0 fully saturated rings. The van der Waals surface area contributed by atoms with Crippen molar-refractivity contribution in [3.05, 3.63) is 0 Å². The van der Waals surface area contributed by atoms with Crippen molar-refractivity contribution in [3.8, 4) is 0 Å². The monoisotopic (exact) mass is 155 g/mol. The van der Waals surface area contributed by atoms with Gasteiger partial charge in [0.2, 0.25) is 0 Å². The maximum atomic E-state index is 9.92. The first-order chi connectivity index (χ1) is 3.50.